The largest absolute Gasteiger partial charge is 0.353 e. The van der Waals surface area contributed by atoms with Crippen LogP contribution in [-0.2, 0) is 19.3 Å². The first-order valence-electron chi connectivity index (χ1n) is 11.1. The van der Waals surface area contributed by atoms with Crippen molar-refractivity contribution in [3.05, 3.63) is 76.6 Å². The highest BCUT2D eigenvalue weighted by molar-refractivity contribution is 7.19. The number of thiophene rings is 1. The molecule has 156 valence electrons. The molecular formula is C25H25N5S. The summed E-state index contributed by atoms with van der Waals surface area (Å²) >= 11 is 1.89. The molecule has 0 amide bonds. The Labute approximate surface area is 186 Å². The molecule has 0 spiro atoms. The zero-order chi connectivity index (χ0) is 20.6. The lowest BCUT2D eigenvalue weighted by Crippen LogP contribution is -2.47. The Morgan fingerprint density at radius 3 is 2.45 bits per heavy atom. The standard InChI is InChI=1S/C25H25N5S/c1-2-7-18(8-3-1)17-21-27-24(23-19-9-6-10-20(19)31-25(23)28-21)30-15-13-29(14-16-30)22-11-4-5-12-26-22/h1-5,7-8,11-12H,6,9-10,13-17H2. The number of anilines is 2. The Morgan fingerprint density at radius 1 is 0.839 bits per heavy atom. The molecule has 1 fully saturated rings. The van der Waals surface area contributed by atoms with Crippen molar-refractivity contribution in [2.75, 3.05) is 36.0 Å². The van der Waals surface area contributed by atoms with Crippen LogP contribution in [0, 0.1) is 0 Å². The third-order valence-electron chi connectivity index (χ3n) is 6.35. The summed E-state index contributed by atoms with van der Waals surface area (Å²) in [6, 6.07) is 16.7. The molecule has 0 N–H and O–H groups in total. The Bertz CT molecular complexity index is 1200. The van der Waals surface area contributed by atoms with Gasteiger partial charge in [0.25, 0.3) is 0 Å². The lowest BCUT2D eigenvalue weighted by atomic mass is 10.1. The molecule has 1 aromatic carbocycles. The number of hydrogen-bond acceptors (Lipinski definition) is 6. The SMILES string of the molecule is c1ccc(Cc2nc(N3CCN(c4ccccn4)CC3)c3c4c(sc3n2)CCC4)cc1. The van der Waals surface area contributed by atoms with E-state index in [4.69, 9.17) is 9.97 Å². The summed E-state index contributed by atoms with van der Waals surface area (Å²) in [7, 11) is 0. The molecule has 4 heterocycles. The number of nitrogens with zero attached hydrogens (tertiary/aromatic N) is 5. The number of hydrogen-bond donors (Lipinski definition) is 0. The normalized spacial score (nSPS) is 16.1. The molecule has 6 rings (SSSR count). The third-order valence-corrected chi connectivity index (χ3v) is 7.54. The van der Waals surface area contributed by atoms with Gasteiger partial charge in [0.2, 0.25) is 0 Å². The van der Waals surface area contributed by atoms with Crippen LogP contribution < -0.4 is 9.80 Å². The Balaban J connectivity index is 1.34. The fourth-order valence-electron chi connectivity index (χ4n) is 4.79. The van der Waals surface area contributed by atoms with Gasteiger partial charge in [-0.1, -0.05) is 36.4 Å². The summed E-state index contributed by atoms with van der Waals surface area (Å²) in [5.41, 5.74) is 2.77. The van der Waals surface area contributed by atoms with Crippen molar-refractivity contribution in [1.82, 2.24) is 15.0 Å². The van der Waals surface area contributed by atoms with E-state index in [0.717, 1.165) is 56.5 Å². The number of aryl methyl sites for hydroxylation is 2. The molecule has 1 saturated heterocycles. The van der Waals surface area contributed by atoms with Crippen LogP contribution >= 0.6 is 11.3 Å². The van der Waals surface area contributed by atoms with Crippen LogP contribution in [0.1, 0.15) is 28.2 Å². The van der Waals surface area contributed by atoms with Gasteiger partial charge < -0.3 is 9.80 Å². The highest BCUT2D eigenvalue weighted by atomic mass is 32.1. The number of fused-ring (bicyclic) bond motifs is 3. The quantitative estimate of drug-likeness (QED) is 0.480. The van der Waals surface area contributed by atoms with Gasteiger partial charge in [0.15, 0.2) is 0 Å². The van der Waals surface area contributed by atoms with Gasteiger partial charge in [0, 0.05) is 43.7 Å². The van der Waals surface area contributed by atoms with Crippen molar-refractivity contribution in [3.8, 4) is 0 Å². The second kappa shape index (κ2) is 7.93. The molecule has 3 aromatic heterocycles. The summed E-state index contributed by atoms with van der Waals surface area (Å²) < 4.78 is 0. The minimum Gasteiger partial charge on any atom is -0.353 e. The van der Waals surface area contributed by atoms with Crippen molar-refractivity contribution in [1.29, 1.82) is 0 Å². The van der Waals surface area contributed by atoms with Gasteiger partial charge in [-0.15, -0.1) is 11.3 Å². The second-order valence-electron chi connectivity index (χ2n) is 8.33. The van der Waals surface area contributed by atoms with Crippen LogP contribution in [0.25, 0.3) is 10.2 Å². The van der Waals surface area contributed by atoms with Crippen LogP contribution in [0.2, 0.25) is 0 Å². The topological polar surface area (TPSA) is 45.2 Å². The molecule has 5 nitrogen and oxygen atoms in total. The van der Waals surface area contributed by atoms with E-state index in [1.54, 1.807) is 0 Å². The van der Waals surface area contributed by atoms with Crippen LogP contribution in [0.4, 0.5) is 11.6 Å². The monoisotopic (exact) mass is 427 g/mol. The highest BCUT2D eigenvalue weighted by Gasteiger charge is 2.27. The summed E-state index contributed by atoms with van der Waals surface area (Å²) in [5.74, 6) is 3.15. The number of aromatic nitrogens is 3. The lowest BCUT2D eigenvalue weighted by molar-refractivity contribution is 0.642. The van der Waals surface area contributed by atoms with Crippen molar-refractivity contribution in [3.63, 3.8) is 0 Å². The maximum Gasteiger partial charge on any atom is 0.141 e. The van der Waals surface area contributed by atoms with Crippen molar-refractivity contribution in [2.45, 2.75) is 25.7 Å². The molecule has 0 bridgehead atoms. The molecule has 1 aliphatic heterocycles. The van der Waals surface area contributed by atoms with Gasteiger partial charge in [-0.05, 0) is 42.5 Å². The minimum absolute atomic E-state index is 0.778. The molecule has 0 atom stereocenters. The van der Waals surface area contributed by atoms with E-state index in [1.165, 1.54) is 39.1 Å². The van der Waals surface area contributed by atoms with E-state index >= 15 is 0 Å². The molecule has 2 aliphatic rings. The second-order valence-corrected chi connectivity index (χ2v) is 9.41. The molecule has 31 heavy (non-hydrogen) atoms. The van der Waals surface area contributed by atoms with Crippen LogP contribution in [0.5, 0.6) is 0 Å². The lowest BCUT2D eigenvalue weighted by Gasteiger charge is -2.36. The van der Waals surface area contributed by atoms with E-state index in [2.05, 4.69) is 57.2 Å². The predicted molar refractivity (Wildman–Crippen MR) is 127 cm³/mol. The number of benzene rings is 1. The number of rotatable bonds is 4. The van der Waals surface area contributed by atoms with E-state index in [9.17, 15) is 0 Å². The summed E-state index contributed by atoms with van der Waals surface area (Å²) in [4.78, 5) is 22.2. The van der Waals surface area contributed by atoms with E-state index in [0.29, 0.717) is 0 Å². The van der Waals surface area contributed by atoms with Gasteiger partial charge in [-0.3, -0.25) is 0 Å². The minimum atomic E-state index is 0.778. The zero-order valence-corrected chi connectivity index (χ0v) is 18.3. The fourth-order valence-corrected chi connectivity index (χ4v) is 6.07. The van der Waals surface area contributed by atoms with E-state index < -0.39 is 0 Å². The van der Waals surface area contributed by atoms with Gasteiger partial charge in [0.1, 0.15) is 22.3 Å². The summed E-state index contributed by atoms with van der Waals surface area (Å²) in [6.45, 7) is 3.84. The average molecular weight is 428 g/mol. The van der Waals surface area contributed by atoms with Crippen molar-refractivity contribution >= 4 is 33.2 Å². The first kappa shape index (κ1) is 18.8. The molecule has 0 unspecified atom stereocenters. The molecule has 1 aliphatic carbocycles. The predicted octanol–water partition coefficient (Wildman–Crippen LogP) is 4.49. The maximum atomic E-state index is 5.15. The summed E-state index contributed by atoms with van der Waals surface area (Å²) in [6.07, 6.45) is 6.27. The van der Waals surface area contributed by atoms with Crippen molar-refractivity contribution < 1.29 is 0 Å². The maximum absolute atomic E-state index is 5.15. The third kappa shape index (κ3) is 3.55. The van der Waals surface area contributed by atoms with Gasteiger partial charge in [-0.25, -0.2) is 15.0 Å². The van der Waals surface area contributed by atoms with Gasteiger partial charge in [0.05, 0.1) is 5.39 Å². The van der Waals surface area contributed by atoms with Gasteiger partial charge in [-0.2, -0.15) is 0 Å². The molecule has 0 radical (unpaired) electrons. The molecule has 4 aromatic rings. The first-order valence-corrected chi connectivity index (χ1v) is 11.9. The number of piperazine rings is 1. The zero-order valence-electron chi connectivity index (χ0n) is 17.5. The summed E-state index contributed by atoms with van der Waals surface area (Å²) in [5, 5.41) is 1.32. The highest BCUT2D eigenvalue weighted by Crippen LogP contribution is 2.41. The van der Waals surface area contributed by atoms with Gasteiger partial charge >= 0.3 is 0 Å². The Hall–Kier alpha value is -2.99. The number of pyridine rings is 1. The first-order chi connectivity index (χ1) is 15.3. The molecular weight excluding hydrogens is 402 g/mol. The average Bonchev–Trinajstić information content (AvgIpc) is 3.41. The van der Waals surface area contributed by atoms with E-state index in [1.807, 2.05) is 23.6 Å². The molecule has 6 heteroatoms. The van der Waals surface area contributed by atoms with Crippen LogP contribution in [0.3, 0.4) is 0 Å². The van der Waals surface area contributed by atoms with E-state index in [-0.39, 0.29) is 0 Å². The fraction of sp³-hybridized carbons (Fsp3) is 0.320. The smallest absolute Gasteiger partial charge is 0.141 e. The van der Waals surface area contributed by atoms with Crippen LogP contribution in [-0.4, -0.2) is 41.1 Å². The Morgan fingerprint density at radius 2 is 1.65 bits per heavy atom. The molecule has 0 saturated carbocycles. The Kier molecular flexibility index (Phi) is 4.80. The van der Waals surface area contributed by atoms with Crippen LogP contribution in [0.15, 0.2) is 54.7 Å². The van der Waals surface area contributed by atoms with Crippen molar-refractivity contribution in [2.24, 2.45) is 0 Å².